The fourth-order valence-corrected chi connectivity index (χ4v) is 4.61. The number of benzene rings is 4. The topological polar surface area (TPSA) is 75.7 Å². The second-order valence-electron chi connectivity index (χ2n) is 8.50. The van der Waals surface area contributed by atoms with Crippen molar-refractivity contribution in [2.24, 2.45) is 0 Å². The molecule has 1 aliphatic heterocycles. The van der Waals surface area contributed by atoms with Crippen molar-refractivity contribution >= 4 is 72.2 Å². The highest BCUT2D eigenvalue weighted by Crippen LogP contribution is 2.33. The number of urea groups is 1. The Balaban J connectivity index is 1.58. The Morgan fingerprint density at radius 1 is 0.919 bits per heavy atom. The molecule has 37 heavy (non-hydrogen) atoms. The van der Waals surface area contributed by atoms with Gasteiger partial charge in [-0.1, -0.05) is 74.3 Å². The van der Waals surface area contributed by atoms with E-state index in [1.165, 1.54) is 6.08 Å². The SMILES string of the molecule is Cc1cc(N2C(=O)NC(=O)/C(=C/c3c(OCc4ccc(Br)cc4)ccc4ccccc34)C2=O)ccc1Br. The number of barbiturate groups is 1. The summed E-state index contributed by atoms with van der Waals surface area (Å²) in [7, 11) is 0. The van der Waals surface area contributed by atoms with Gasteiger partial charge in [0.2, 0.25) is 0 Å². The Hall–Kier alpha value is -3.75. The first kappa shape index (κ1) is 24.9. The molecular formula is C29H20Br2N2O4. The summed E-state index contributed by atoms with van der Waals surface area (Å²) in [4.78, 5) is 40.1. The first-order valence-corrected chi connectivity index (χ1v) is 13.0. The van der Waals surface area contributed by atoms with Crippen LogP contribution in [0, 0.1) is 6.92 Å². The van der Waals surface area contributed by atoms with Gasteiger partial charge in [-0.2, -0.15) is 0 Å². The van der Waals surface area contributed by atoms with E-state index in [9.17, 15) is 14.4 Å². The number of carbonyl (C=O) groups excluding carboxylic acids is 3. The van der Waals surface area contributed by atoms with Gasteiger partial charge in [-0.25, -0.2) is 9.69 Å². The van der Waals surface area contributed by atoms with Crippen LogP contribution in [0.25, 0.3) is 16.8 Å². The molecule has 0 spiro atoms. The molecule has 0 aliphatic carbocycles. The molecule has 0 bridgehead atoms. The summed E-state index contributed by atoms with van der Waals surface area (Å²) < 4.78 is 7.97. The highest BCUT2D eigenvalue weighted by molar-refractivity contribution is 9.10. The fraction of sp³-hybridized carbons (Fsp3) is 0.0690. The second kappa shape index (κ2) is 10.3. The van der Waals surface area contributed by atoms with Crippen LogP contribution >= 0.6 is 31.9 Å². The minimum atomic E-state index is -0.793. The number of ether oxygens (including phenoxy) is 1. The van der Waals surface area contributed by atoms with Gasteiger partial charge in [-0.3, -0.25) is 14.9 Å². The predicted molar refractivity (Wildman–Crippen MR) is 150 cm³/mol. The molecule has 0 atom stereocenters. The maximum atomic E-state index is 13.5. The average molecular weight is 620 g/mol. The number of rotatable bonds is 5. The van der Waals surface area contributed by atoms with Crippen molar-refractivity contribution < 1.29 is 19.1 Å². The van der Waals surface area contributed by atoms with Crippen molar-refractivity contribution in [2.45, 2.75) is 13.5 Å². The van der Waals surface area contributed by atoms with Crippen LogP contribution in [0.1, 0.15) is 16.7 Å². The molecule has 5 rings (SSSR count). The van der Waals surface area contributed by atoms with Gasteiger partial charge in [0.05, 0.1) is 5.69 Å². The number of hydrogen-bond donors (Lipinski definition) is 1. The number of anilines is 1. The Kier molecular flexibility index (Phi) is 6.95. The molecule has 1 N–H and O–H groups in total. The van der Waals surface area contributed by atoms with Crippen LogP contribution in [0.2, 0.25) is 0 Å². The number of halogens is 2. The first-order valence-electron chi connectivity index (χ1n) is 11.4. The van der Waals surface area contributed by atoms with Crippen molar-refractivity contribution in [3.8, 4) is 5.75 Å². The summed E-state index contributed by atoms with van der Waals surface area (Å²) in [5.41, 5.74) is 2.59. The molecule has 8 heteroatoms. The number of amides is 4. The molecule has 6 nitrogen and oxygen atoms in total. The van der Waals surface area contributed by atoms with E-state index in [0.29, 0.717) is 23.6 Å². The van der Waals surface area contributed by atoms with Gasteiger partial charge in [0.25, 0.3) is 11.8 Å². The zero-order valence-corrected chi connectivity index (χ0v) is 22.8. The zero-order valence-electron chi connectivity index (χ0n) is 19.6. The summed E-state index contributed by atoms with van der Waals surface area (Å²) in [5, 5.41) is 4.03. The summed E-state index contributed by atoms with van der Waals surface area (Å²) >= 11 is 6.86. The van der Waals surface area contributed by atoms with Crippen LogP contribution in [0.15, 0.2) is 93.4 Å². The number of nitrogens with zero attached hydrogens (tertiary/aromatic N) is 1. The molecule has 0 aromatic heterocycles. The Morgan fingerprint density at radius 2 is 1.68 bits per heavy atom. The van der Waals surface area contributed by atoms with Crippen molar-refractivity contribution in [3.05, 3.63) is 110 Å². The fourth-order valence-electron chi connectivity index (χ4n) is 4.10. The maximum Gasteiger partial charge on any atom is 0.335 e. The molecule has 1 fully saturated rings. The van der Waals surface area contributed by atoms with Crippen LogP contribution in [-0.2, 0) is 16.2 Å². The molecule has 184 valence electrons. The van der Waals surface area contributed by atoms with Gasteiger partial charge < -0.3 is 4.74 Å². The highest BCUT2D eigenvalue weighted by atomic mass is 79.9. The molecule has 4 aromatic carbocycles. The molecule has 1 saturated heterocycles. The Labute approximate surface area is 230 Å². The normalized spacial score (nSPS) is 14.8. The van der Waals surface area contributed by atoms with Crippen molar-refractivity contribution in [1.29, 1.82) is 0 Å². The van der Waals surface area contributed by atoms with E-state index in [0.717, 1.165) is 35.7 Å². The van der Waals surface area contributed by atoms with E-state index in [-0.39, 0.29) is 5.57 Å². The van der Waals surface area contributed by atoms with Crippen molar-refractivity contribution in [3.63, 3.8) is 0 Å². The molecule has 4 amide bonds. The molecule has 4 aromatic rings. The lowest BCUT2D eigenvalue weighted by molar-refractivity contribution is -0.122. The largest absolute Gasteiger partial charge is 0.488 e. The third-order valence-corrected chi connectivity index (χ3v) is 7.45. The minimum absolute atomic E-state index is 0.162. The first-order chi connectivity index (χ1) is 17.8. The number of imide groups is 2. The molecule has 0 radical (unpaired) electrons. The van der Waals surface area contributed by atoms with Crippen LogP contribution in [-0.4, -0.2) is 17.8 Å². The quantitative estimate of drug-likeness (QED) is 0.194. The van der Waals surface area contributed by atoms with Crippen LogP contribution in [0.5, 0.6) is 5.75 Å². The van der Waals surface area contributed by atoms with E-state index < -0.39 is 17.8 Å². The Bertz CT molecular complexity index is 1600. The van der Waals surface area contributed by atoms with E-state index in [2.05, 4.69) is 37.2 Å². The van der Waals surface area contributed by atoms with Gasteiger partial charge in [-0.15, -0.1) is 0 Å². The van der Waals surface area contributed by atoms with Crippen LogP contribution < -0.4 is 15.0 Å². The summed E-state index contributed by atoms with van der Waals surface area (Å²) in [6, 6.07) is 23.5. The van der Waals surface area contributed by atoms with Gasteiger partial charge in [-0.05, 0) is 71.3 Å². The lowest BCUT2D eigenvalue weighted by Crippen LogP contribution is -2.54. The lowest BCUT2D eigenvalue weighted by atomic mass is 9.99. The lowest BCUT2D eigenvalue weighted by Gasteiger charge is -2.27. The number of aryl methyl sites for hydroxylation is 1. The van der Waals surface area contributed by atoms with Gasteiger partial charge in [0.1, 0.15) is 17.9 Å². The number of nitrogens with one attached hydrogen (secondary N) is 1. The van der Waals surface area contributed by atoms with Crippen molar-refractivity contribution in [2.75, 3.05) is 4.90 Å². The monoisotopic (exact) mass is 618 g/mol. The third kappa shape index (κ3) is 5.08. The van der Waals surface area contributed by atoms with Gasteiger partial charge >= 0.3 is 6.03 Å². The smallest absolute Gasteiger partial charge is 0.335 e. The summed E-state index contributed by atoms with van der Waals surface area (Å²) in [6.45, 7) is 2.15. The second-order valence-corrected chi connectivity index (χ2v) is 10.3. The highest BCUT2D eigenvalue weighted by Gasteiger charge is 2.37. The summed E-state index contributed by atoms with van der Waals surface area (Å²) in [5.74, 6) is -0.952. The average Bonchev–Trinajstić information content (AvgIpc) is 2.88. The Morgan fingerprint density at radius 3 is 2.43 bits per heavy atom. The van der Waals surface area contributed by atoms with Gasteiger partial charge in [0.15, 0.2) is 0 Å². The van der Waals surface area contributed by atoms with E-state index in [1.807, 2.05) is 67.6 Å². The van der Waals surface area contributed by atoms with Crippen LogP contribution in [0.3, 0.4) is 0 Å². The van der Waals surface area contributed by atoms with E-state index in [1.54, 1.807) is 18.2 Å². The summed E-state index contributed by atoms with van der Waals surface area (Å²) in [6.07, 6.45) is 1.50. The van der Waals surface area contributed by atoms with E-state index >= 15 is 0 Å². The maximum absolute atomic E-state index is 13.5. The number of carbonyl (C=O) groups is 3. The predicted octanol–water partition coefficient (Wildman–Crippen LogP) is 6.92. The molecule has 1 aliphatic rings. The minimum Gasteiger partial charge on any atom is -0.488 e. The van der Waals surface area contributed by atoms with E-state index in [4.69, 9.17) is 4.74 Å². The molecule has 1 heterocycles. The van der Waals surface area contributed by atoms with Gasteiger partial charge in [0, 0.05) is 14.5 Å². The third-order valence-electron chi connectivity index (χ3n) is 6.03. The standard InChI is InChI=1S/C29H20Br2N2O4/c1-17-14-21(11-12-25(17)31)33-28(35)24(27(34)32-29(33)36)15-23-22-5-3-2-4-19(22)8-13-26(23)37-16-18-6-9-20(30)10-7-18/h2-15H,16H2,1H3,(H,32,34,36)/b24-15-. The molecule has 0 unspecified atom stereocenters. The van der Waals surface area contributed by atoms with Crippen molar-refractivity contribution in [1.82, 2.24) is 5.32 Å². The number of hydrogen-bond acceptors (Lipinski definition) is 4. The number of fused-ring (bicyclic) bond motifs is 1. The molecule has 0 saturated carbocycles. The van der Waals surface area contributed by atoms with Crippen LogP contribution in [0.4, 0.5) is 10.5 Å². The zero-order chi connectivity index (χ0) is 26.1. The molecular weight excluding hydrogens is 600 g/mol.